The highest BCUT2D eigenvalue weighted by molar-refractivity contribution is 5.82. The highest BCUT2D eigenvalue weighted by atomic mass is 16.2. The Hall–Kier alpha value is -1.42. The number of likely N-dealkylation sites (N-methyl/N-ethyl adjacent to an activating group) is 1. The second-order valence-electron chi connectivity index (χ2n) is 5.24. The standard InChI is InChI=1S/C15H23N3O/c1-3-4-5-14-15(19)17(2)10-11-18(14)12-13-6-8-16-9-7-13/h6-9,14H,3-5,10-12H2,1-2H3/t14-/m1/s1. The molecule has 1 amide bonds. The van der Waals surface area contributed by atoms with Crippen LogP contribution in [-0.2, 0) is 11.3 Å². The molecule has 0 unspecified atom stereocenters. The first-order valence-corrected chi connectivity index (χ1v) is 7.10. The molecule has 0 N–H and O–H groups in total. The van der Waals surface area contributed by atoms with E-state index in [4.69, 9.17) is 0 Å². The maximum atomic E-state index is 12.3. The van der Waals surface area contributed by atoms with Crippen molar-refractivity contribution in [3.8, 4) is 0 Å². The van der Waals surface area contributed by atoms with Gasteiger partial charge in [0.15, 0.2) is 0 Å². The molecule has 0 spiro atoms. The van der Waals surface area contributed by atoms with Gasteiger partial charge in [0.2, 0.25) is 5.91 Å². The van der Waals surface area contributed by atoms with Crippen molar-refractivity contribution in [2.24, 2.45) is 0 Å². The van der Waals surface area contributed by atoms with Crippen LogP contribution < -0.4 is 0 Å². The maximum absolute atomic E-state index is 12.3. The van der Waals surface area contributed by atoms with Crippen LogP contribution in [0.2, 0.25) is 0 Å². The summed E-state index contributed by atoms with van der Waals surface area (Å²) < 4.78 is 0. The summed E-state index contributed by atoms with van der Waals surface area (Å²) in [5.41, 5.74) is 1.23. The van der Waals surface area contributed by atoms with Crippen LogP contribution in [0.5, 0.6) is 0 Å². The van der Waals surface area contributed by atoms with Crippen LogP contribution >= 0.6 is 0 Å². The highest BCUT2D eigenvalue weighted by Crippen LogP contribution is 2.18. The quantitative estimate of drug-likeness (QED) is 0.812. The summed E-state index contributed by atoms with van der Waals surface area (Å²) >= 11 is 0. The molecule has 4 nitrogen and oxygen atoms in total. The number of carbonyl (C=O) groups is 1. The maximum Gasteiger partial charge on any atom is 0.239 e. The Morgan fingerprint density at radius 2 is 2.05 bits per heavy atom. The van der Waals surface area contributed by atoms with Crippen molar-refractivity contribution >= 4 is 5.91 Å². The first kappa shape index (κ1) is 14.0. The molecule has 2 rings (SSSR count). The lowest BCUT2D eigenvalue weighted by Crippen LogP contribution is -2.55. The SMILES string of the molecule is CCCC[C@@H]1C(=O)N(C)CCN1Cc1ccncc1. The Labute approximate surface area is 115 Å². The van der Waals surface area contributed by atoms with E-state index in [1.54, 1.807) is 0 Å². The van der Waals surface area contributed by atoms with Crippen LogP contribution in [0.3, 0.4) is 0 Å². The molecule has 104 valence electrons. The van der Waals surface area contributed by atoms with Gasteiger partial charge in [0.1, 0.15) is 0 Å². The molecule has 1 aromatic rings. The van der Waals surface area contributed by atoms with Crippen LogP contribution in [0.25, 0.3) is 0 Å². The monoisotopic (exact) mass is 261 g/mol. The molecule has 19 heavy (non-hydrogen) atoms. The van der Waals surface area contributed by atoms with Gasteiger partial charge in [0.25, 0.3) is 0 Å². The molecular formula is C15H23N3O. The third-order valence-electron chi connectivity index (χ3n) is 3.79. The predicted octanol–water partition coefficient (Wildman–Crippen LogP) is 1.91. The predicted molar refractivity (Wildman–Crippen MR) is 75.6 cm³/mol. The van der Waals surface area contributed by atoms with E-state index >= 15 is 0 Å². The molecule has 1 aliphatic rings. The van der Waals surface area contributed by atoms with Gasteiger partial charge in [-0.05, 0) is 24.1 Å². The fraction of sp³-hybridized carbons (Fsp3) is 0.600. The summed E-state index contributed by atoms with van der Waals surface area (Å²) in [6, 6.07) is 4.10. The number of amides is 1. The summed E-state index contributed by atoms with van der Waals surface area (Å²) in [7, 11) is 1.91. The number of pyridine rings is 1. The number of hydrogen-bond acceptors (Lipinski definition) is 3. The van der Waals surface area contributed by atoms with Crippen molar-refractivity contribution in [1.82, 2.24) is 14.8 Å². The van der Waals surface area contributed by atoms with Gasteiger partial charge in [-0.1, -0.05) is 19.8 Å². The first-order valence-electron chi connectivity index (χ1n) is 7.10. The van der Waals surface area contributed by atoms with Crippen molar-refractivity contribution in [2.75, 3.05) is 20.1 Å². The fourth-order valence-electron chi connectivity index (χ4n) is 2.57. The van der Waals surface area contributed by atoms with Crippen molar-refractivity contribution in [3.63, 3.8) is 0 Å². The van der Waals surface area contributed by atoms with Crippen LogP contribution in [0.15, 0.2) is 24.5 Å². The molecule has 1 atom stereocenters. The molecule has 1 fully saturated rings. The van der Waals surface area contributed by atoms with E-state index in [0.717, 1.165) is 38.9 Å². The third-order valence-corrected chi connectivity index (χ3v) is 3.79. The summed E-state index contributed by atoms with van der Waals surface area (Å²) in [6.45, 7) is 4.80. The molecule has 0 aliphatic carbocycles. The Kier molecular flexibility index (Phi) is 4.91. The molecule has 4 heteroatoms. The van der Waals surface area contributed by atoms with Gasteiger partial charge in [-0.3, -0.25) is 14.7 Å². The van der Waals surface area contributed by atoms with Gasteiger partial charge in [-0.25, -0.2) is 0 Å². The van der Waals surface area contributed by atoms with Gasteiger partial charge in [-0.2, -0.15) is 0 Å². The van der Waals surface area contributed by atoms with Crippen molar-refractivity contribution in [1.29, 1.82) is 0 Å². The first-order chi connectivity index (χ1) is 9.22. The Balaban J connectivity index is 2.05. The van der Waals surface area contributed by atoms with E-state index in [0.29, 0.717) is 0 Å². The Morgan fingerprint density at radius 1 is 1.32 bits per heavy atom. The van der Waals surface area contributed by atoms with E-state index in [1.165, 1.54) is 5.56 Å². The number of hydrogen-bond donors (Lipinski definition) is 0. The zero-order chi connectivity index (χ0) is 13.7. The molecule has 2 heterocycles. The average molecular weight is 261 g/mol. The van der Waals surface area contributed by atoms with Gasteiger partial charge in [0.05, 0.1) is 6.04 Å². The Morgan fingerprint density at radius 3 is 2.74 bits per heavy atom. The van der Waals surface area contributed by atoms with Crippen molar-refractivity contribution in [3.05, 3.63) is 30.1 Å². The summed E-state index contributed by atoms with van der Waals surface area (Å²) in [5.74, 6) is 0.272. The molecule has 0 saturated carbocycles. The molecular weight excluding hydrogens is 238 g/mol. The fourth-order valence-corrected chi connectivity index (χ4v) is 2.57. The van der Waals surface area contributed by atoms with Crippen LogP contribution in [0, 0.1) is 0 Å². The van der Waals surface area contributed by atoms with E-state index < -0.39 is 0 Å². The Bertz CT molecular complexity index is 407. The van der Waals surface area contributed by atoms with Crippen LogP contribution in [0.4, 0.5) is 0 Å². The van der Waals surface area contributed by atoms with Crippen LogP contribution in [-0.4, -0.2) is 46.9 Å². The largest absolute Gasteiger partial charge is 0.343 e. The number of rotatable bonds is 5. The third kappa shape index (κ3) is 3.53. The summed E-state index contributed by atoms with van der Waals surface area (Å²) in [6.07, 6.45) is 6.83. The second kappa shape index (κ2) is 6.66. The number of carbonyl (C=O) groups excluding carboxylic acids is 1. The minimum Gasteiger partial charge on any atom is -0.343 e. The van der Waals surface area contributed by atoms with Crippen molar-refractivity contribution in [2.45, 2.75) is 38.8 Å². The van der Waals surface area contributed by atoms with Crippen molar-refractivity contribution < 1.29 is 4.79 Å². The number of nitrogens with zero attached hydrogens (tertiary/aromatic N) is 3. The van der Waals surface area contributed by atoms with E-state index in [1.807, 2.05) is 36.5 Å². The number of aromatic nitrogens is 1. The van der Waals surface area contributed by atoms with Gasteiger partial charge < -0.3 is 4.90 Å². The minimum atomic E-state index is 0.0480. The zero-order valence-corrected chi connectivity index (χ0v) is 11.9. The molecule has 1 aliphatic heterocycles. The smallest absolute Gasteiger partial charge is 0.239 e. The van der Waals surface area contributed by atoms with Gasteiger partial charge in [0, 0.05) is 39.1 Å². The molecule has 0 radical (unpaired) electrons. The normalized spacial score (nSPS) is 20.8. The number of piperazine rings is 1. The minimum absolute atomic E-state index is 0.0480. The van der Waals surface area contributed by atoms with Crippen LogP contribution in [0.1, 0.15) is 31.7 Å². The number of unbranched alkanes of at least 4 members (excludes halogenated alkanes) is 1. The van der Waals surface area contributed by atoms with E-state index in [2.05, 4.69) is 16.8 Å². The lowest BCUT2D eigenvalue weighted by Gasteiger charge is -2.39. The second-order valence-corrected chi connectivity index (χ2v) is 5.24. The van der Waals surface area contributed by atoms with Gasteiger partial charge >= 0.3 is 0 Å². The van der Waals surface area contributed by atoms with E-state index in [9.17, 15) is 4.79 Å². The molecule has 0 aromatic carbocycles. The lowest BCUT2D eigenvalue weighted by molar-refractivity contribution is -0.140. The highest BCUT2D eigenvalue weighted by Gasteiger charge is 2.32. The zero-order valence-electron chi connectivity index (χ0n) is 11.9. The average Bonchev–Trinajstić information content (AvgIpc) is 2.44. The molecule has 1 aromatic heterocycles. The van der Waals surface area contributed by atoms with Gasteiger partial charge in [-0.15, -0.1) is 0 Å². The summed E-state index contributed by atoms with van der Waals surface area (Å²) in [4.78, 5) is 20.5. The molecule has 0 bridgehead atoms. The topological polar surface area (TPSA) is 36.4 Å². The summed E-state index contributed by atoms with van der Waals surface area (Å²) in [5, 5.41) is 0. The van der Waals surface area contributed by atoms with E-state index in [-0.39, 0.29) is 11.9 Å². The molecule has 1 saturated heterocycles. The lowest BCUT2D eigenvalue weighted by atomic mass is 10.0.